The Balaban J connectivity index is 2.44. The Morgan fingerprint density at radius 3 is 2.73 bits per heavy atom. The lowest BCUT2D eigenvalue weighted by Gasteiger charge is -2.17. The van der Waals surface area contributed by atoms with E-state index in [9.17, 15) is 4.39 Å². The molecule has 0 saturated carbocycles. The second-order valence-electron chi connectivity index (χ2n) is 5.01. The molecule has 2 N–H and O–H groups in total. The van der Waals surface area contributed by atoms with Crippen LogP contribution in [0.25, 0.3) is 0 Å². The lowest BCUT2D eigenvalue weighted by atomic mass is 10.2. The number of halogens is 1. The first-order valence-electron chi connectivity index (χ1n) is 7.60. The molecule has 0 radical (unpaired) electrons. The molecule has 1 aromatic rings. The van der Waals surface area contributed by atoms with Gasteiger partial charge in [-0.2, -0.15) is 0 Å². The van der Waals surface area contributed by atoms with Crippen molar-refractivity contribution in [2.75, 3.05) is 46.9 Å². The fourth-order valence-electron chi connectivity index (χ4n) is 1.86. The number of guanidine groups is 1. The van der Waals surface area contributed by atoms with Gasteiger partial charge in [-0.3, -0.25) is 0 Å². The zero-order chi connectivity index (χ0) is 16.2. The van der Waals surface area contributed by atoms with E-state index < -0.39 is 0 Å². The first kappa shape index (κ1) is 18.4. The molecule has 0 unspecified atom stereocenters. The number of nitrogens with one attached hydrogen (secondary N) is 2. The molecule has 124 valence electrons. The molecule has 0 aliphatic rings. The Hall–Kier alpha value is -1.66. The van der Waals surface area contributed by atoms with Crippen LogP contribution >= 0.6 is 0 Å². The highest BCUT2D eigenvalue weighted by atomic mass is 19.1. The van der Waals surface area contributed by atoms with Crippen LogP contribution in [-0.4, -0.2) is 57.8 Å². The van der Waals surface area contributed by atoms with E-state index in [1.807, 2.05) is 20.0 Å². The highest BCUT2D eigenvalue weighted by molar-refractivity contribution is 5.79. The van der Waals surface area contributed by atoms with Gasteiger partial charge in [0.05, 0.1) is 13.2 Å². The van der Waals surface area contributed by atoms with Crippen molar-refractivity contribution in [2.45, 2.75) is 13.5 Å². The summed E-state index contributed by atoms with van der Waals surface area (Å²) in [5.74, 6) is 0.479. The van der Waals surface area contributed by atoms with Gasteiger partial charge in [0.1, 0.15) is 5.82 Å². The molecular formula is C16H27FN4O. The standard InChI is InChI=1S/C16H27FN4O/c1-4-18-16(19-9-10-21(2)11-12-22-3)20-13-14-7-5-6-8-15(14)17/h5-8H,4,9-13H2,1-3H3,(H2,18,19,20). The zero-order valence-electron chi connectivity index (χ0n) is 13.7. The molecule has 0 aliphatic heterocycles. The van der Waals surface area contributed by atoms with Crippen LogP contribution in [0.15, 0.2) is 29.3 Å². The molecule has 0 aromatic heterocycles. The van der Waals surface area contributed by atoms with Crippen LogP contribution < -0.4 is 10.6 Å². The van der Waals surface area contributed by atoms with Gasteiger partial charge >= 0.3 is 0 Å². The molecule has 22 heavy (non-hydrogen) atoms. The minimum atomic E-state index is -0.221. The minimum Gasteiger partial charge on any atom is -0.383 e. The number of rotatable bonds is 9. The average Bonchev–Trinajstić information content (AvgIpc) is 2.52. The van der Waals surface area contributed by atoms with Crippen LogP contribution in [0.1, 0.15) is 12.5 Å². The van der Waals surface area contributed by atoms with Gasteiger partial charge in [-0.15, -0.1) is 0 Å². The van der Waals surface area contributed by atoms with E-state index in [0.29, 0.717) is 18.1 Å². The third-order valence-corrected chi connectivity index (χ3v) is 3.17. The maximum Gasteiger partial charge on any atom is 0.191 e. The molecule has 6 heteroatoms. The normalized spacial score (nSPS) is 11.8. The van der Waals surface area contributed by atoms with Crippen molar-refractivity contribution >= 4 is 5.96 Å². The summed E-state index contributed by atoms with van der Waals surface area (Å²) in [6.07, 6.45) is 0. The van der Waals surface area contributed by atoms with E-state index in [4.69, 9.17) is 4.74 Å². The van der Waals surface area contributed by atoms with E-state index >= 15 is 0 Å². The van der Waals surface area contributed by atoms with Gasteiger partial charge in [0.15, 0.2) is 5.96 Å². The molecule has 0 bridgehead atoms. The predicted octanol–water partition coefficient (Wildman–Crippen LogP) is 1.46. The SMILES string of the molecule is CCNC(=NCc1ccccc1F)NCCN(C)CCOC. The molecule has 0 saturated heterocycles. The fourth-order valence-corrected chi connectivity index (χ4v) is 1.86. The molecule has 1 rings (SSSR count). The molecule has 0 heterocycles. The maximum absolute atomic E-state index is 13.6. The monoisotopic (exact) mass is 310 g/mol. The molecule has 0 fully saturated rings. The summed E-state index contributed by atoms with van der Waals surface area (Å²) in [6, 6.07) is 6.71. The second kappa shape index (κ2) is 11.0. The van der Waals surface area contributed by atoms with Gasteiger partial charge in [0.25, 0.3) is 0 Å². The highest BCUT2D eigenvalue weighted by Crippen LogP contribution is 2.07. The van der Waals surface area contributed by atoms with Crippen molar-refractivity contribution in [3.8, 4) is 0 Å². The smallest absolute Gasteiger partial charge is 0.191 e. The average molecular weight is 310 g/mol. The van der Waals surface area contributed by atoms with Gasteiger partial charge in [-0.1, -0.05) is 18.2 Å². The van der Waals surface area contributed by atoms with E-state index in [1.165, 1.54) is 6.07 Å². The van der Waals surface area contributed by atoms with Gasteiger partial charge in [0.2, 0.25) is 0 Å². The van der Waals surface area contributed by atoms with Crippen molar-refractivity contribution in [3.63, 3.8) is 0 Å². The zero-order valence-corrected chi connectivity index (χ0v) is 13.7. The summed E-state index contributed by atoms with van der Waals surface area (Å²) in [4.78, 5) is 6.59. The number of likely N-dealkylation sites (N-methyl/N-ethyl adjacent to an activating group) is 1. The van der Waals surface area contributed by atoms with Crippen molar-refractivity contribution in [1.29, 1.82) is 0 Å². The van der Waals surface area contributed by atoms with Crippen LogP contribution in [0, 0.1) is 5.82 Å². The number of benzene rings is 1. The molecule has 5 nitrogen and oxygen atoms in total. The summed E-state index contributed by atoms with van der Waals surface area (Å²) < 4.78 is 18.6. The van der Waals surface area contributed by atoms with Crippen molar-refractivity contribution in [3.05, 3.63) is 35.6 Å². The van der Waals surface area contributed by atoms with Crippen LogP contribution in [0.3, 0.4) is 0 Å². The predicted molar refractivity (Wildman–Crippen MR) is 88.6 cm³/mol. The van der Waals surface area contributed by atoms with Crippen molar-refractivity contribution in [2.24, 2.45) is 4.99 Å². The van der Waals surface area contributed by atoms with E-state index in [1.54, 1.807) is 19.2 Å². The topological polar surface area (TPSA) is 48.9 Å². The largest absolute Gasteiger partial charge is 0.383 e. The molecular weight excluding hydrogens is 283 g/mol. The van der Waals surface area contributed by atoms with Crippen molar-refractivity contribution < 1.29 is 9.13 Å². The Bertz CT molecular complexity index is 454. The van der Waals surface area contributed by atoms with Crippen LogP contribution in [0.5, 0.6) is 0 Å². The van der Waals surface area contributed by atoms with E-state index in [2.05, 4.69) is 20.5 Å². The van der Waals surface area contributed by atoms with Crippen molar-refractivity contribution in [1.82, 2.24) is 15.5 Å². The number of aliphatic imine (C=N–C) groups is 1. The lowest BCUT2D eigenvalue weighted by Crippen LogP contribution is -2.41. The van der Waals surface area contributed by atoms with Gasteiger partial charge in [-0.25, -0.2) is 9.38 Å². The number of ether oxygens (including phenoxy) is 1. The Morgan fingerprint density at radius 1 is 1.27 bits per heavy atom. The first-order valence-corrected chi connectivity index (χ1v) is 7.60. The van der Waals surface area contributed by atoms with Crippen LogP contribution in [0.4, 0.5) is 4.39 Å². The number of methoxy groups -OCH3 is 1. The Morgan fingerprint density at radius 2 is 2.05 bits per heavy atom. The number of hydrogen-bond donors (Lipinski definition) is 2. The van der Waals surface area contributed by atoms with E-state index in [0.717, 1.165) is 32.8 Å². The summed E-state index contributed by atoms with van der Waals surface area (Å²) in [6.45, 7) is 6.35. The van der Waals surface area contributed by atoms with Gasteiger partial charge in [0, 0.05) is 38.9 Å². The molecule has 0 spiro atoms. The molecule has 0 atom stereocenters. The summed E-state index contributed by atoms with van der Waals surface area (Å²) >= 11 is 0. The molecule has 0 amide bonds. The summed E-state index contributed by atoms with van der Waals surface area (Å²) in [5, 5.41) is 6.41. The maximum atomic E-state index is 13.6. The third-order valence-electron chi connectivity index (χ3n) is 3.17. The highest BCUT2D eigenvalue weighted by Gasteiger charge is 2.02. The Labute approximate surface area is 132 Å². The third kappa shape index (κ3) is 7.38. The molecule has 0 aliphatic carbocycles. The lowest BCUT2D eigenvalue weighted by molar-refractivity contribution is 0.162. The first-order chi connectivity index (χ1) is 10.7. The van der Waals surface area contributed by atoms with Gasteiger partial charge in [-0.05, 0) is 20.0 Å². The van der Waals surface area contributed by atoms with Crippen LogP contribution in [-0.2, 0) is 11.3 Å². The quantitative estimate of drug-likeness (QED) is 0.535. The summed E-state index contributed by atoms with van der Waals surface area (Å²) in [7, 11) is 3.74. The molecule has 1 aromatic carbocycles. The summed E-state index contributed by atoms with van der Waals surface area (Å²) in [5.41, 5.74) is 0.594. The van der Waals surface area contributed by atoms with E-state index in [-0.39, 0.29) is 5.82 Å². The Kier molecular flexibility index (Phi) is 9.18. The number of hydrogen-bond acceptors (Lipinski definition) is 3. The minimum absolute atomic E-state index is 0.221. The fraction of sp³-hybridized carbons (Fsp3) is 0.562. The van der Waals surface area contributed by atoms with Crippen LogP contribution in [0.2, 0.25) is 0 Å². The van der Waals surface area contributed by atoms with Gasteiger partial charge < -0.3 is 20.3 Å². The number of nitrogens with zero attached hydrogens (tertiary/aromatic N) is 2. The second-order valence-corrected chi connectivity index (χ2v) is 5.01.